The number of hydrogen-bond donors (Lipinski definition) is 1. The van der Waals surface area contributed by atoms with Gasteiger partial charge in [0.2, 0.25) is 0 Å². The Morgan fingerprint density at radius 2 is 1.70 bits per heavy atom. The van der Waals surface area contributed by atoms with Crippen LogP contribution in [0, 0.1) is 18.6 Å². The van der Waals surface area contributed by atoms with Crippen molar-refractivity contribution in [2.45, 2.75) is 19.3 Å². The summed E-state index contributed by atoms with van der Waals surface area (Å²) in [5.74, 6) is -1.67. The number of pyridine rings is 1. The Morgan fingerprint density at radius 1 is 1.04 bits per heavy atom. The Morgan fingerprint density at radius 3 is 2.30 bits per heavy atom. The molecule has 1 N–H and O–H groups in total. The molecule has 1 heterocycles. The van der Waals surface area contributed by atoms with Crippen molar-refractivity contribution >= 4 is 21.6 Å². The molecule has 6 heteroatoms. The van der Waals surface area contributed by atoms with Gasteiger partial charge in [0.15, 0.2) is 0 Å². The summed E-state index contributed by atoms with van der Waals surface area (Å²) in [6.07, 6.45) is 1.90. The van der Waals surface area contributed by atoms with Crippen molar-refractivity contribution in [3.8, 4) is 0 Å². The molecule has 138 valence electrons. The molecule has 3 nitrogen and oxygen atoms in total. The lowest BCUT2D eigenvalue weighted by Gasteiger charge is -2.19. The number of aromatic nitrogens is 1. The lowest BCUT2D eigenvalue weighted by molar-refractivity contribution is 0.317. The van der Waals surface area contributed by atoms with Gasteiger partial charge in [-0.05, 0) is 54.4 Å². The summed E-state index contributed by atoms with van der Waals surface area (Å²) in [5.41, 5.74) is 3.24. The van der Waals surface area contributed by atoms with Crippen molar-refractivity contribution < 1.29 is 14.0 Å². The van der Waals surface area contributed by atoms with E-state index in [0.29, 0.717) is 16.8 Å². The van der Waals surface area contributed by atoms with E-state index >= 15 is 0 Å². The van der Waals surface area contributed by atoms with Gasteiger partial charge in [-0.25, -0.2) is 8.78 Å². The van der Waals surface area contributed by atoms with Crippen LogP contribution in [0.25, 0.3) is 0 Å². The average Bonchev–Trinajstić information content (AvgIpc) is 2.63. The van der Waals surface area contributed by atoms with E-state index in [1.165, 1.54) is 12.1 Å². The summed E-state index contributed by atoms with van der Waals surface area (Å²) in [6, 6.07) is 14.5. The maximum atomic E-state index is 13.8. The van der Waals surface area contributed by atoms with Gasteiger partial charge in [0.1, 0.15) is 11.6 Å². The molecule has 0 spiro atoms. The molecule has 2 aromatic carbocycles. The lowest BCUT2D eigenvalue weighted by Crippen LogP contribution is -2.11. The molecular weight excluding hydrogens is 414 g/mol. The predicted octanol–water partition coefficient (Wildman–Crippen LogP) is 5.83. The SMILES string of the molecule is Cc1cc(C(CC(c2ccc(Br)cc2)c2cc(F)cc(F)c2)=NO)ccn1. The molecular formula is C21H17BrF2N2O. The Hall–Kier alpha value is -2.60. The van der Waals surface area contributed by atoms with Crippen LogP contribution in [0.3, 0.4) is 0 Å². The van der Waals surface area contributed by atoms with E-state index < -0.39 is 11.6 Å². The van der Waals surface area contributed by atoms with Crippen LogP contribution in [-0.2, 0) is 0 Å². The first-order chi connectivity index (χ1) is 13.0. The Kier molecular flexibility index (Phi) is 5.96. The Balaban J connectivity index is 2.05. The fraction of sp³-hybridized carbons (Fsp3) is 0.143. The monoisotopic (exact) mass is 430 g/mol. The maximum absolute atomic E-state index is 13.8. The maximum Gasteiger partial charge on any atom is 0.126 e. The van der Waals surface area contributed by atoms with Crippen LogP contribution in [-0.4, -0.2) is 15.9 Å². The number of rotatable bonds is 5. The fourth-order valence-corrected chi connectivity index (χ4v) is 3.30. The number of hydrogen-bond acceptors (Lipinski definition) is 3. The van der Waals surface area contributed by atoms with Gasteiger partial charge < -0.3 is 5.21 Å². The molecule has 0 bridgehead atoms. The van der Waals surface area contributed by atoms with Gasteiger partial charge in [-0.1, -0.05) is 33.2 Å². The number of halogens is 3. The van der Waals surface area contributed by atoms with Crippen LogP contribution in [0.2, 0.25) is 0 Å². The number of nitrogens with zero attached hydrogens (tertiary/aromatic N) is 2. The van der Waals surface area contributed by atoms with Gasteiger partial charge in [-0.3, -0.25) is 4.98 Å². The van der Waals surface area contributed by atoms with E-state index in [1.54, 1.807) is 18.3 Å². The molecule has 0 aliphatic heterocycles. The first-order valence-corrected chi connectivity index (χ1v) is 9.11. The second-order valence-electron chi connectivity index (χ2n) is 6.24. The minimum atomic E-state index is -0.644. The van der Waals surface area contributed by atoms with E-state index in [-0.39, 0.29) is 12.3 Å². The van der Waals surface area contributed by atoms with Crippen molar-refractivity contribution in [1.29, 1.82) is 0 Å². The first kappa shape index (κ1) is 19.2. The van der Waals surface area contributed by atoms with Gasteiger partial charge in [0.25, 0.3) is 0 Å². The second kappa shape index (κ2) is 8.39. The van der Waals surface area contributed by atoms with Crippen LogP contribution < -0.4 is 0 Å². The standard InChI is InChI=1S/C21H17BrF2N2O/c1-13-8-15(6-7-25-13)21(26-27)12-20(14-2-4-17(22)5-3-14)16-9-18(23)11-19(24)10-16/h2-11,20,27H,12H2,1H3. The van der Waals surface area contributed by atoms with Crippen LogP contribution in [0.4, 0.5) is 8.78 Å². The lowest BCUT2D eigenvalue weighted by atomic mass is 9.85. The topological polar surface area (TPSA) is 45.5 Å². The molecule has 1 unspecified atom stereocenters. The molecule has 0 radical (unpaired) electrons. The zero-order valence-corrected chi connectivity index (χ0v) is 16.1. The number of benzene rings is 2. The summed E-state index contributed by atoms with van der Waals surface area (Å²) < 4.78 is 28.6. The molecule has 3 rings (SSSR count). The van der Waals surface area contributed by atoms with E-state index in [1.807, 2.05) is 31.2 Å². The largest absolute Gasteiger partial charge is 0.411 e. The highest BCUT2D eigenvalue weighted by Crippen LogP contribution is 2.31. The Bertz CT molecular complexity index is 954. The third-order valence-electron chi connectivity index (χ3n) is 4.31. The minimum Gasteiger partial charge on any atom is -0.411 e. The zero-order chi connectivity index (χ0) is 19.4. The summed E-state index contributed by atoms with van der Waals surface area (Å²) in [4.78, 5) is 4.14. The van der Waals surface area contributed by atoms with Crippen LogP contribution >= 0.6 is 15.9 Å². The van der Waals surface area contributed by atoms with E-state index in [4.69, 9.17) is 0 Å². The Labute approximate surface area is 164 Å². The molecule has 0 aliphatic rings. The van der Waals surface area contributed by atoms with Gasteiger partial charge in [0, 0.05) is 40.3 Å². The number of aryl methyl sites for hydroxylation is 1. The molecule has 0 saturated carbocycles. The summed E-state index contributed by atoms with van der Waals surface area (Å²) >= 11 is 3.39. The predicted molar refractivity (Wildman–Crippen MR) is 104 cm³/mol. The molecule has 1 atom stereocenters. The first-order valence-electron chi connectivity index (χ1n) is 8.31. The van der Waals surface area contributed by atoms with Crippen LogP contribution in [0.1, 0.15) is 34.7 Å². The normalized spacial score (nSPS) is 12.8. The van der Waals surface area contributed by atoms with E-state index in [2.05, 4.69) is 26.1 Å². The van der Waals surface area contributed by atoms with Crippen molar-refractivity contribution in [2.75, 3.05) is 0 Å². The van der Waals surface area contributed by atoms with Crippen molar-refractivity contribution in [1.82, 2.24) is 4.98 Å². The highest BCUT2D eigenvalue weighted by molar-refractivity contribution is 9.10. The van der Waals surface area contributed by atoms with Gasteiger partial charge in [0.05, 0.1) is 5.71 Å². The van der Waals surface area contributed by atoms with Crippen molar-refractivity contribution in [3.05, 3.63) is 99.3 Å². The average molecular weight is 431 g/mol. The summed E-state index contributed by atoms with van der Waals surface area (Å²) in [7, 11) is 0. The minimum absolute atomic E-state index is 0.268. The summed E-state index contributed by atoms with van der Waals surface area (Å²) in [5, 5.41) is 13.0. The quantitative estimate of drug-likeness (QED) is 0.314. The fourth-order valence-electron chi connectivity index (χ4n) is 3.03. The molecule has 27 heavy (non-hydrogen) atoms. The molecule has 1 aromatic heterocycles. The van der Waals surface area contributed by atoms with Gasteiger partial charge >= 0.3 is 0 Å². The number of oxime groups is 1. The molecule has 0 fully saturated rings. The van der Waals surface area contributed by atoms with Gasteiger partial charge in [-0.2, -0.15) is 0 Å². The van der Waals surface area contributed by atoms with Crippen molar-refractivity contribution in [3.63, 3.8) is 0 Å². The molecule has 0 amide bonds. The van der Waals surface area contributed by atoms with E-state index in [0.717, 1.165) is 21.8 Å². The van der Waals surface area contributed by atoms with Crippen LogP contribution in [0.5, 0.6) is 0 Å². The molecule has 3 aromatic rings. The zero-order valence-electron chi connectivity index (χ0n) is 14.5. The van der Waals surface area contributed by atoms with Gasteiger partial charge in [-0.15, -0.1) is 0 Å². The third kappa shape index (κ3) is 4.77. The highest BCUT2D eigenvalue weighted by Gasteiger charge is 2.20. The highest BCUT2D eigenvalue weighted by atomic mass is 79.9. The smallest absolute Gasteiger partial charge is 0.126 e. The van der Waals surface area contributed by atoms with Crippen LogP contribution in [0.15, 0.2) is 70.4 Å². The molecule has 0 aliphatic carbocycles. The second-order valence-corrected chi connectivity index (χ2v) is 7.16. The molecule has 0 saturated heterocycles. The third-order valence-corrected chi connectivity index (χ3v) is 4.84. The van der Waals surface area contributed by atoms with Crippen molar-refractivity contribution in [2.24, 2.45) is 5.16 Å². The summed E-state index contributed by atoms with van der Waals surface area (Å²) in [6.45, 7) is 1.84. The van der Waals surface area contributed by atoms with E-state index in [9.17, 15) is 14.0 Å².